The number of benzene rings is 2. The Morgan fingerprint density at radius 1 is 0.633 bits per heavy atom. The van der Waals surface area contributed by atoms with Gasteiger partial charge in [-0.1, -0.05) is 86.7 Å². The summed E-state index contributed by atoms with van der Waals surface area (Å²) < 4.78 is 0. The molecule has 2 heteroatoms. The third-order valence-corrected chi connectivity index (χ3v) is 8.07. The average Bonchev–Trinajstić information content (AvgIpc) is 2.83. The fourth-order valence-corrected chi connectivity index (χ4v) is 5.86. The van der Waals surface area contributed by atoms with Gasteiger partial charge < -0.3 is 0 Å². The first-order chi connectivity index (χ1) is 14.7. The Morgan fingerprint density at radius 2 is 1.33 bits per heavy atom. The van der Waals surface area contributed by atoms with Gasteiger partial charge in [-0.25, -0.2) is 0 Å². The summed E-state index contributed by atoms with van der Waals surface area (Å²) in [6.45, 7) is 0. The molecule has 2 saturated carbocycles. The van der Waals surface area contributed by atoms with Crippen molar-refractivity contribution in [1.29, 1.82) is 0 Å². The highest BCUT2D eigenvalue weighted by Crippen LogP contribution is 2.52. The van der Waals surface area contributed by atoms with Crippen LogP contribution in [0.3, 0.4) is 0 Å². The summed E-state index contributed by atoms with van der Waals surface area (Å²) in [5, 5.41) is 0.342. The Labute approximate surface area is 182 Å². The maximum atomic E-state index is 4.58. The predicted octanol–water partition coefficient (Wildman–Crippen LogP) is 6.77. The number of hydrogen-bond acceptors (Lipinski definition) is 1. The van der Waals surface area contributed by atoms with E-state index < -0.39 is 0 Å². The highest BCUT2D eigenvalue weighted by atomic mass is 14.7. The van der Waals surface area contributed by atoms with Gasteiger partial charge in [0.25, 0.3) is 0 Å². The van der Waals surface area contributed by atoms with E-state index in [-0.39, 0.29) is 0 Å². The number of nitrogens with zero attached hydrogens (tertiary/aromatic N) is 1. The Kier molecular flexibility index (Phi) is 5.27. The first kappa shape index (κ1) is 19.6. The highest BCUT2D eigenvalue weighted by molar-refractivity contribution is 6.16. The molecule has 5 rings (SSSR count). The maximum Gasteiger partial charge on any atom is 0.115 e. The number of aromatic nitrogens is 1. The van der Waals surface area contributed by atoms with E-state index in [1.165, 1.54) is 80.0 Å². The smallest absolute Gasteiger partial charge is 0.115 e. The lowest BCUT2D eigenvalue weighted by molar-refractivity contribution is 0.105. The van der Waals surface area contributed by atoms with E-state index in [1.807, 2.05) is 12.3 Å². The van der Waals surface area contributed by atoms with Gasteiger partial charge in [0, 0.05) is 11.8 Å². The number of rotatable bonds is 3. The molecule has 3 aromatic rings. The molecule has 1 spiro atoms. The second kappa shape index (κ2) is 8.06. The monoisotopic (exact) mass is 393 g/mol. The molecule has 0 unspecified atom stereocenters. The molecule has 0 N–H and O–H groups in total. The van der Waals surface area contributed by atoms with Gasteiger partial charge in [-0.15, -0.1) is 0 Å². The molecule has 2 fully saturated rings. The van der Waals surface area contributed by atoms with Crippen LogP contribution in [0, 0.1) is 5.41 Å². The van der Waals surface area contributed by atoms with Gasteiger partial charge in [-0.2, -0.15) is 0 Å². The van der Waals surface area contributed by atoms with Crippen molar-refractivity contribution in [1.82, 2.24) is 4.98 Å². The Bertz CT molecular complexity index is 977. The van der Waals surface area contributed by atoms with E-state index in [0.717, 1.165) is 5.69 Å². The minimum Gasteiger partial charge on any atom is -0.256 e. The largest absolute Gasteiger partial charge is 0.256 e. The summed E-state index contributed by atoms with van der Waals surface area (Å²) in [6, 6.07) is 24.2. The van der Waals surface area contributed by atoms with E-state index >= 15 is 0 Å². The molecular formula is C28H32BN. The van der Waals surface area contributed by atoms with Gasteiger partial charge in [0.15, 0.2) is 0 Å². The van der Waals surface area contributed by atoms with Crippen LogP contribution >= 0.6 is 0 Å². The van der Waals surface area contributed by atoms with Crippen LogP contribution in [0.5, 0.6) is 0 Å². The molecule has 1 aromatic heterocycles. The van der Waals surface area contributed by atoms with Crippen molar-refractivity contribution in [2.75, 3.05) is 0 Å². The SMILES string of the molecule is BC1(c2ccc(-c3ccnc(-c4ccccc4)c3)cc2)CCC2(CCCCC2)CC1. The molecule has 1 nitrogen and oxygen atoms in total. The number of pyridine rings is 1. The van der Waals surface area contributed by atoms with E-state index in [2.05, 4.69) is 73.5 Å². The van der Waals surface area contributed by atoms with E-state index in [9.17, 15) is 0 Å². The molecule has 2 aromatic carbocycles. The van der Waals surface area contributed by atoms with Gasteiger partial charge in [0.2, 0.25) is 0 Å². The molecule has 152 valence electrons. The van der Waals surface area contributed by atoms with Crippen molar-refractivity contribution in [2.24, 2.45) is 5.41 Å². The zero-order chi connectivity index (χ0) is 20.4. The van der Waals surface area contributed by atoms with Crippen molar-refractivity contribution in [3.05, 3.63) is 78.5 Å². The minimum absolute atomic E-state index is 0.342. The van der Waals surface area contributed by atoms with Crippen LogP contribution < -0.4 is 0 Å². The van der Waals surface area contributed by atoms with Crippen molar-refractivity contribution in [3.8, 4) is 22.4 Å². The topological polar surface area (TPSA) is 12.9 Å². The summed E-state index contributed by atoms with van der Waals surface area (Å²) in [7, 11) is 2.50. The second-order valence-corrected chi connectivity index (χ2v) is 9.99. The maximum absolute atomic E-state index is 4.58. The fourth-order valence-electron chi connectivity index (χ4n) is 5.86. The standard InChI is InChI=1S/C28H32BN/c29-28(18-16-27(17-19-28)14-5-2-6-15-27)25-11-9-22(10-12-25)24-13-20-30-26(21-24)23-7-3-1-4-8-23/h1,3-4,7-13,20-21H,2,5-6,14-19,29H2. The van der Waals surface area contributed by atoms with Crippen LogP contribution in [-0.2, 0) is 5.31 Å². The minimum atomic E-state index is 0.342. The Balaban J connectivity index is 1.34. The summed E-state index contributed by atoms with van der Waals surface area (Å²) in [5.41, 5.74) is 6.93. The summed E-state index contributed by atoms with van der Waals surface area (Å²) >= 11 is 0. The molecule has 0 radical (unpaired) electrons. The van der Waals surface area contributed by atoms with E-state index in [1.54, 1.807) is 0 Å². The van der Waals surface area contributed by atoms with Crippen LogP contribution in [0.1, 0.15) is 63.4 Å². The highest BCUT2D eigenvalue weighted by Gasteiger charge is 2.41. The Morgan fingerprint density at radius 3 is 2.03 bits per heavy atom. The van der Waals surface area contributed by atoms with Gasteiger partial charge in [0.1, 0.15) is 7.85 Å². The molecule has 0 atom stereocenters. The zero-order valence-electron chi connectivity index (χ0n) is 18.2. The Hall–Kier alpha value is -2.35. The van der Waals surface area contributed by atoms with Crippen molar-refractivity contribution < 1.29 is 0 Å². The van der Waals surface area contributed by atoms with Gasteiger partial charge >= 0.3 is 0 Å². The third kappa shape index (κ3) is 3.85. The normalized spacial score (nSPS) is 20.1. The lowest BCUT2D eigenvalue weighted by atomic mass is 9.50. The van der Waals surface area contributed by atoms with E-state index in [4.69, 9.17) is 0 Å². The first-order valence-corrected chi connectivity index (χ1v) is 11.8. The van der Waals surface area contributed by atoms with Crippen molar-refractivity contribution >= 4 is 7.85 Å². The van der Waals surface area contributed by atoms with Crippen LogP contribution in [-0.4, -0.2) is 12.8 Å². The summed E-state index contributed by atoms with van der Waals surface area (Å²) in [5.74, 6) is 0. The quantitative estimate of drug-likeness (QED) is 0.448. The zero-order valence-corrected chi connectivity index (χ0v) is 18.2. The lowest BCUT2D eigenvalue weighted by Crippen LogP contribution is -2.38. The van der Waals surface area contributed by atoms with Crippen LogP contribution in [0.15, 0.2) is 72.9 Å². The van der Waals surface area contributed by atoms with Gasteiger partial charge in [-0.05, 0) is 65.2 Å². The molecule has 30 heavy (non-hydrogen) atoms. The average molecular weight is 393 g/mol. The second-order valence-electron chi connectivity index (χ2n) is 9.99. The summed E-state index contributed by atoms with van der Waals surface area (Å²) in [4.78, 5) is 4.58. The molecule has 2 aliphatic carbocycles. The molecule has 1 heterocycles. The number of hydrogen-bond donors (Lipinski definition) is 0. The van der Waals surface area contributed by atoms with Crippen LogP contribution in [0.4, 0.5) is 0 Å². The molecule has 0 bridgehead atoms. The summed E-state index contributed by atoms with van der Waals surface area (Å²) in [6.07, 6.45) is 14.8. The molecule has 0 aliphatic heterocycles. The van der Waals surface area contributed by atoms with Gasteiger partial charge in [0.05, 0.1) is 5.69 Å². The first-order valence-electron chi connectivity index (χ1n) is 11.8. The van der Waals surface area contributed by atoms with Crippen molar-refractivity contribution in [3.63, 3.8) is 0 Å². The van der Waals surface area contributed by atoms with E-state index in [0.29, 0.717) is 10.7 Å². The molecule has 0 amide bonds. The third-order valence-electron chi connectivity index (χ3n) is 8.07. The van der Waals surface area contributed by atoms with Crippen LogP contribution in [0.2, 0.25) is 0 Å². The lowest BCUT2D eigenvalue weighted by Gasteiger charge is -2.47. The molecular weight excluding hydrogens is 361 g/mol. The van der Waals surface area contributed by atoms with Crippen molar-refractivity contribution in [2.45, 2.75) is 63.1 Å². The van der Waals surface area contributed by atoms with Crippen LogP contribution in [0.25, 0.3) is 22.4 Å². The predicted molar refractivity (Wildman–Crippen MR) is 129 cm³/mol. The molecule has 0 saturated heterocycles. The van der Waals surface area contributed by atoms with Gasteiger partial charge in [-0.3, -0.25) is 4.98 Å². The molecule has 2 aliphatic rings. The fraction of sp³-hybridized carbons (Fsp3) is 0.393.